The van der Waals surface area contributed by atoms with Gasteiger partial charge in [-0.3, -0.25) is 9.59 Å². The van der Waals surface area contributed by atoms with Crippen LogP contribution in [0.15, 0.2) is 75.5 Å². The summed E-state index contributed by atoms with van der Waals surface area (Å²) in [4.78, 5) is 31.1. The van der Waals surface area contributed by atoms with E-state index in [1.165, 1.54) is 24.3 Å². The molecule has 1 heterocycles. The van der Waals surface area contributed by atoms with E-state index in [0.29, 0.717) is 11.3 Å². The van der Waals surface area contributed by atoms with Crippen molar-refractivity contribution in [3.8, 4) is 0 Å². The lowest BCUT2D eigenvalue weighted by molar-refractivity contribution is -0.115. The molecule has 3 rings (SSSR count). The second kappa shape index (κ2) is 8.47. The molecular formula is C18H17N5O4S2. The summed E-state index contributed by atoms with van der Waals surface area (Å²) in [5.74, 6) is -0.350. The van der Waals surface area contributed by atoms with E-state index >= 15 is 0 Å². The van der Waals surface area contributed by atoms with Crippen molar-refractivity contribution >= 4 is 39.2 Å². The summed E-state index contributed by atoms with van der Waals surface area (Å²) in [5.41, 5.74) is 6.26. The first kappa shape index (κ1) is 20.6. The Balaban J connectivity index is 1.87. The maximum atomic E-state index is 12.9. The summed E-state index contributed by atoms with van der Waals surface area (Å²) in [6.07, 6.45) is 0. The number of hydrogen-bond donors (Lipinski definition) is 4. The molecule has 1 atom stereocenters. The standard InChI is InChI=1S/C18H17N5O4S2/c19-14-10-15(24)23-18(22-14)28-16(11-4-2-1-3-5-11)17(25)21-12-6-8-13(9-7-12)29(20,26)27/h1-10,16H,(H,21,25)(H2,20,26,27)(H3,19,22,23,24). The molecule has 9 nitrogen and oxygen atoms in total. The maximum absolute atomic E-state index is 12.9. The third-order valence-corrected chi connectivity index (χ3v) is 5.83. The number of hydrogen-bond acceptors (Lipinski definition) is 7. The second-order valence-electron chi connectivity index (χ2n) is 5.94. The Hall–Kier alpha value is -3.15. The van der Waals surface area contributed by atoms with Crippen molar-refractivity contribution < 1.29 is 13.2 Å². The van der Waals surface area contributed by atoms with Crippen LogP contribution in [0.1, 0.15) is 10.8 Å². The zero-order chi connectivity index (χ0) is 21.0. The highest BCUT2D eigenvalue weighted by atomic mass is 32.2. The lowest BCUT2D eigenvalue weighted by atomic mass is 10.1. The molecule has 0 aliphatic rings. The van der Waals surface area contributed by atoms with Crippen LogP contribution in [-0.4, -0.2) is 24.3 Å². The van der Waals surface area contributed by atoms with Gasteiger partial charge in [0.15, 0.2) is 5.16 Å². The molecule has 29 heavy (non-hydrogen) atoms. The van der Waals surface area contributed by atoms with Gasteiger partial charge in [-0.25, -0.2) is 18.5 Å². The van der Waals surface area contributed by atoms with Crippen molar-refractivity contribution in [2.24, 2.45) is 5.14 Å². The average molecular weight is 431 g/mol. The molecule has 0 saturated heterocycles. The molecule has 0 aliphatic carbocycles. The highest BCUT2D eigenvalue weighted by Gasteiger charge is 2.23. The summed E-state index contributed by atoms with van der Waals surface area (Å²) < 4.78 is 22.7. The third kappa shape index (κ3) is 5.44. The van der Waals surface area contributed by atoms with Crippen molar-refractivity contribution in [3.05, 3.63) is 76.6 Å². The summed E-state index contributed by atoms with van der Waals surface area (Å²) in [5, 5.41) is 7.25. The Labute approximate surface area is 170 Å². The molecule has 11 heteroatoms. The number of sulfonamides is 1. The van der Waals surface area contributed by atoms with Crippen LogP contribution in [-0.2, 0) is 14.8 Å². The summed E-state index contributed by atoms with van der Waals surface area (Å²) >= 11 is 1.03. The molecule has 0 radical (unpaired) electrons. The monoisotopic (exact) mass is 431 g/mol. The quantitative estimate of drug-likeness (QED) is 0.339. The van der Waals surface area contributed by atoms with Crippen LogP contribution in [0, 0.1) is 0 Å². The lowest BCUT2D eigenvalue weighted by Crippen LogP contribution is -2.20. The molecule has 0 spiro atoms. The molecule has 150 valence electrons. The fraction of sp³-hybridized carbons (Fsp3) is 0.0556. The van der Waals surface area contributed by atoms with E-state index in [0.717, 1.165) is 17.8 Å². The molecule has 1 amide bonds. The predicted octanol–water partition coefficient (Wildman–Crippen LogP) is 1.47. The maximum Gasteiger partial charge on any atom is 0.253 e. The first-order chi connectivity index (χ1) is 13.7. The van der Waals surface area contributed by atoms with Gasteiger partial charge in [0.1, 0.15) is 11.1 Å². The Morgan fingerprint density at radius 3 is 2.34 bits per heavy atom. The number of nitrogen functional groups attached to an aromatic ring is 1. The number of nitrogens with one attached hydrogen (secondary N) is 2. The number of benzene rings is 2. The fourth-order valence-corrected chi connectivity index (χ4v) is 3.97. The molecule has 0 saturated carbocycles. The number of thioether (sulfide) groups is 1. The molecule has 0 bridgehead atoms. The number of H-pyrrole nitrogens is 1. The van der Waals surface area contributed by atoms with E-state index in [2.05, 4.69) is 15.3 Å². The normalized spacial score (nSPS) is 12.3. The third-order valence-electron chi connectivity index (χ3n) is 3.76. The van der Waals surface area contributed by atoms with Gasteiger partial charge < -0.3 is 16.0 Å². The predicted molar refractivity (Wildman–Crippen MR) is 111 cm³/mol. The summed E-state index contributed by atoms with van der Waals surface area (Å²) in [6.45, 7) is 0. The number of anilines is 2. The van der Waals surface area contributed by atoms with Gasteiger partial charge in [-0.05, 0) is 29.8 Å². The average Bonchev–Trinajstić information content (AvgIpc) is 2.65. The van der Waals surface area contributed by atoms with Gasteiger partial charge in [-0.2, -0.15) is 0 Å². The molecule has 1 unspecified atom stereocenters. The molecule has 2 aromatic carbocycles. The molecule has 3 aromatic rings. The number of aromatic amines is 1. The highest BCUT2D eigenvalue weighted by Crippen LogP contribution is 2.34. The van der Waals surface area contributed by atoms with Gasteiger partial charge in [-0.1, -0.05) is 42.1 Å². The van der Waals surface area contributed by atoms with Crippen LogP contribution in [0.3, 0.4) is 0 Å². The van der Waals surface area contributed by atoms with E-state index in [4.69, 9.17) is 10.9 Å². The smallest absolute Gasteiger partial charge is 0.253 e. The largest absolute Gasteiger partial charge is 0.383 e. The van der Waals surface area contributed by atoms with Crippen LogP contribution >= 0.6 is 11.8 Å². The Bertz CT molecular complexity index is 1180. The van der Waals surface area contributed by atoms with E-state index in [-0.39, 0.29) is 15.9 Å². The second-order valence-corrected chi connectivity index (χ2v) is 8.60. The van der Waals surface area contributed by atoms with Crippen molar-refractivity contribution in [3.63, 3.8) is 0 Å². The number of nitrogens with two attached hydrogens (primary N) is 2. The van der Waals surface area contributed by atoms with Gasteiger partial charge in [0.2, 0.25) is 15.9 Å². The van der Waals surface area contributed by atoms with Crippen LogP contribution in [0.4, 0.5) is 11.5 Å². The minimum Gasteiger partial charge on any atom is -0.383 e. The molecule has 0 aliphatic heterocycles. The van der Waals surface area contributed by atoms with Crippen molar-refractivity contribution in [2.75, 3.05) is 11.1 Å². The Morgan fingerprint density at radius 1 is 1.10 bits per heavy atom. The number of aromatic nitrogens is 2. The van der Waals surface area contributed by atoms with Crippen LogP contribution in [0.2, 0.25) is 0 Å². The number of nitrogens with zero attached hydrogens (tertiary/aromatic N) is 1. The molecule has 6 N–H and O–H groups in total. The Kier molecular flexibility index (Phi) is 6.01. The molecule has 0 fully saturated rings. The van der Waals surface area contributed by atoms with Gasteiger partial charge >= 0.3 is 0 Å². The number of primary sulfonamides is 1. The van der Waals surface area contributed by atoms with E-state index in [1.807, 2.05) is 6.07 Å². The van der Waals surface area contributed by atoms with Crippen molar-refractivity contribution in [2.45, 2.75) is 15.3 Å². The van der Waals surface area contributed by atoms with E-state index in [1.54, 1.807) is 24.3 Å². The summed E-state index contributed by atoms with van der Waals surface area (Å²) in [7, 11) is -3.83. The number of rotatable bonds is 6. The van der Waals surface area contributed by atoms with Crippen LogP contribution in [0.25, 0.3) is 0 Å². The fourth-order valence-electron chi connectivity index (χ4n) is 2.46. The topological polar surface area (TPSA) is 161 Å². The van der Waals surface area contributed by atoms with Crippen molar-refractivity contribution in [1.82, 2.24) is 9.97 Å². The van der Waals surface area contributed by atoms with Gasteiger partial charge in [0.25, 0.3) is 5.56 Å². The minimum atomic E-state index is -3.83. The van der Waals surface area contributed by atoms with Crippen LogP contribution in [0.5, 0.6) is 0 Å². The zero-order valence-electron chi connectivity index (χ0n) is 14.9. The number of carbonyl (C=O) groups excluding carboxylic acids is 1. The molecule has 1 aromatic heterocycles. The van der Waals surface area contributed by atoms with Crippen LogP contribution < -0.4 is 21.7 Å². The number of carbonyl (C=O) groups is 1. The lowest BCUT2D eigenvalue weighted by Gasteiger charge is -2.16. The Morgan fingerprint density at radius 2 is 1.76 bits per heavy atom. The first-order valence-corrected chi connectivity index (χ1v) is 10.7. The van der Waals surface area contributed by atoms with Gasteiger partial charge in [0, 0.05) is 11.8 Å². The first-order valence-electron chi connectivity index (χ1n) is 8.24. The van der Waals surface area contributed by atoms with E-state index in [9.17, 15) is 18.0 Å². The van der Waals surface area contributed by atoms with Crippen molar-refractivity contribution in [1.29, 1.82) is 0 Å². The minimum absolute atomic E-state index is 0.0436. The van der Waals surface area contributed by atoms with Gasteiger partial charge in [-0.15, -0.1) is 0 Å². The number of amides is 1. The summed E-state index contributed by atoms with van der Waals surface area (Å²) in [6, 6.07) is 15.5. The highest BCUT2D eigenvalue weighted by molar-refractivity contribution is 8.00. The van der Waals surface area contributed by atoms with Gasteiger partial charge in [0.05, 0.1) is 4.90 Å². The SMILES string of the molecule is Nc1cc(=O)[nH]c(SC(C(=O)Nc2ccc(S(N)(=O)=O)cc2)c2ccccc2)n1. The van der Waals surface area contributed by atoms with E-state index < -0.39 is 26.7 Å². The molecular weight excluding hydrogens is 414 g/mol. The zero-order valence-corrected chi connectivity index (χ0v) is 16.5.